The summed E-state index contributed by atoms with van der Waals surface area (Å²) in [7, 11) is 2.10. The van der Waals surface area contributed by atoms with Crippen LogP contribution in [0.15, 0.2) is 29.4 Å². The van der Waals surface area contributed by atoms with Crippen molar-refractivity contribution < 1.29 is 13.2 Å². The van der Waals surface area contributed by atoms with Gasteiger partial charge in [0.25, 0.3) is 0 Å². The van der Waals surface area contributed by atoms with Crippen LogP contribution in [0.2, 0.25) is 0 Å². The fraction of sp³-hybridized carbons (Fsp3) is 0.680. The molecule has 1 aromatic heterocycles. The third-order valence-electron chi connectivity index (χ3n) is 7.98. The summed E-state index contributed by atoms with van der Waals surface area (Å²) in [5.41, 5.74) is 0.794. The van der Waals surface area contributed by atoms with Gasteiger partial charge in [0.1, 0.15) is 5.82 Å². The van der Waals surface area contributed by atoms with Gasteiger partial charge in [0.05, 0.1) is 5.56 Å². The minimum Gasteiger partial charge on any atom is -0.309 e. The summed E-state index contributed by atoms with van der Waals surface area (Å²) in [5.74, 6) is 3.17. The number of likely N-dealkylation sites (tertiary alicyclic amines) is 1. The SMILES string of the molecule is Cl.Cn1c(SCCCN2CC[C@@]3(C[C@H]3c3ccc(C(F)(F)F)cc3)C2)nnc1C1CCCCC1. The molecule has 0 unspecified atom stereocenters. The van der Waals surface area contributed by atoms with Crippen molar-refractivity contribution >= 4 is 24.2 Å². The van der Waals surface area contributed by atoms with Crippen LogP contribution in [-0.2, 0) is 13.2 Å². The van der Waals surface area contributed by atoms with Crippen molar-refractivity contribution in [3.8, 4) is 0 Å². The summed E-state index contributed by atoms with van der Waals surface area (Å²) in [6, 6.07) is 5.84. The molecule has 2 saturated carbocycles. The van der Waals surface area contributed by atoms with E-state index in [1.54, 1.807) is 23.9 Å². The van der Waals surface area contributed by atoms with Crippen LogP contribution in [0.4, 0.5) is 13.2 Å². The van der Waals surface area contributed by atoms with Gasteiger partial charge in [0.2, 0.25) is 0 Å². The van der Waals surface area contributed by atoms with E-state index in [1.807, 2.05) is 0 Å². The second-order valence-electron chi connectivity index (χ2n) is 10.2. The number of hydrogen-bond acceptors (Lipinski definition) is 4. The maximum absolute atomic E-state index is 12.8. The predicted octanol–water partition coefficient (Wildman–Crippen LogP) is 6.67. The summed E-state index contributed by atoms with van der Waals surface area (Å²) < 4.78 is 40.7. The first kappa shape index (κ1) is 25.8. The van der Waals surface area contributed by atoms with Crippen LogP contribution < -0.4 is 0 Å². The van der Waals surface area contributed by atoms with E-state index in [0.717, 1.165) is 61.2 Å². The average molecular weight is 515 g/mol. The summed E-state index contributed by atoms with van der Waals surface area (Å²) in [4.78, 5) is 2.54. The lowest BCUT2D eigenvalue weighted by molar-refractivity contribution is -0.137. The van der Waals surface area contributed by atoms with Crippen molar-refractivity contribution in [2.24, 2.45) is 12.5 Å². The number of benzene rings is 1. The van der Waals surface area contributed by atoms with Crippen molar-refractivity contribution in [3.63, 3.8) is 0 Å². The van der Waals surface area contributed by atoms with Gasteiger partial charge in [0, 0.05) is 25.3 Å². The van der Waals surface area contributed by atoms with Crippen molar-refractivity contribution in [2.45, 2.75) is 74.5 Å². The lowest BCUT2D eigenvalue weighted by Gasteiger charge is -2.20. The van der Waals surface area contributed by atoms with Crippen molar-refractivity contribution in [2.75, 3.05) is 25.4 Å². The molecule has 9 heteroatoms. The van der Waals surface area contributed by atoms with E-state index in [-0.39, 0.29) is 17.8 Å². The minimum absolute atomic E-state index is 0. The van der Waals surface area contributed by atoms with Crippen LogP contribution in [0.3, 0.4) is 0 Å². The molecule has 2 aromatic rings. The summed E-state index contributed by atoms with van der Waals surface area (Å²) >= 11 is 1.80. The van der Waals surface area contributed by atoms with E-state index in [9.17, 15) is 13.2 Å². The fourth-order valence-electron chi connectivity index (χ4n) is 5.97. The monoisotopic (exact) mass is 514 g/mol. The number of alkyl halides is 3. The maximum atomic E-state index is 12.8. The van der Waals surface area contributed by atoms with E-state index >= 15 is 0 Å². The summed E-state index contributed by atoms with van der Waals surface area (Å²) in [6.45, 7) is 3.23. The Hall–Kier alpha value is -1.25. The second kappa shape index (κ2) is 10.4. The lowest BCUT2D eigenvalue weighted by Crippen LogP contribution is -2.23. The molecule has 2 atom stereocenters. The molecule has 188 valence electrons. The molecule has 4 nitrogen and oxygen atoms in total. The number of rotatable bonds is 7. The Bertz CT molecular complexity index is 958. The Balaban J connectivity index is 0.00000274. The number of aromatic nitrogens is 3. The van der Waals surface area contributed by atoms with Gasteiger partial charge >= 0.3 is 6.18 Å². The summed E-state index contributed by atoms with van der Waals surface area (Å²) in [6.07, 6.45) is 5.53. The highest BCUT2D eigenvalue weighted by Gasteiger charge is 2.57. The van der Waals surface area contributed by atoms with Gasteiger partial charge < -0.3 is 9.47 Å². The third-order valence-corrected chi connectivity index (χ3v) is 9.09. The lowest BCUT2D eigenvalue weighted by atomic mass is 9.89. The highest BCUT2D eigenvalue weighted by molar-refractivity contribution is 7.99. The van der Waals surface area contributed by atoms with Crippen LogP contribution in [0.1, 0.15) is 80.2 Å². The Morgan fingerprint density at radius 2 is 1.82 bits per heavy atom. The van der Waals surface area contributed by atoms with E-state index in [4.69, 9.17) is 0 Å². The summed E-state index contributed by atoms with van der Waals surface area (Å²) in [5, 5.41) is 9.97. The number of halogens is 4. The number of hydrogen-bond donors (Lipinski definition) is 0. The Labute approximate surface area is 210 Å². The molecule has 0 amide bonds. The van der Waals surface area contributed by atoms with Gasteiger partial charge in [-0.15, -0.1) is 22.6 Å². The topological polar surface area (TPSA) is 34.0 Å². The van der Waals surface area contributed by atoms with E-state index < -0.39 is 11.7 Å². The molecular weight excluding hydrogens is 481 g/mol. The number of nitrogens with zero attached hydrogens (tertiary/aromatic N) is 4. The first-order valence-electron chi connectivity index (χ1n) is 12.3. The van der Waals surface area contributed by atoms with Crippen LogP contribution in [0, 0.1) is 5.41 Å². The molecule has 1 spiro atoms. The molecule has 0 bridgehead atoms. The Kier molecular flexibility index (Phi) is 7.89. The van der Waals surface area contributed by atoms with Gasteiger partial charge in [-0.2, -0.15) is 13.2 Å². The standard InChI is InChI=1S/C25H33F3N4S.ClH/c1-31-22(19-6-3-2-4-7-19)29-30-23(31)33-15-5-13-32-14-12-24(17-32)16-21(24)18-8-10-20(11-9-18)25(26,27)28;/h8-11,19,21H,2-7,12-17H2,1H3;1H/t21-,24+;/m0./s1. The zero-order chi connectivity index (χ0) is 23.1. The predicted molar refractivity (Wildman–Crippen MR) is 132 cm³/mol. The quantitative estimate of drug-likeness (QED) is 0.305. The minimum atomic E-state index is -4.26. The number of thioether (sulfide) groups is 1. The molecule has 1 aromatic carbocycles. The van der Waals surface area contributed by atoms with Gasteiger partial charge in [-0.05, 0) is 74.2 Å². The zero-order valence-corrected chi connectivity index (χ0v) is 21.3. The maximum Gasteiger partial charge on any atom is 0.416 e. The Morgan fingerprint density at radius 1 is 1.09 bits per heavy atom. The van der Waals surface area contributed by atoms with E-state index in [2.05, 4.69) is 26.7 Å². The molecular formula is C25H34ClF3N4S. The Morgan fingerprint density at radius 3 is 2.53 bits per heavy atom. The molecule has 1 saturated heterocycles. The highest BCUT2D eigenvalue weighted by atomic mass is 35.5. The second-order valence-corrected chi connectivity index (χ2v) is 11.3. The molecule has 2 heterocycles. The molecule has 5 rings (SSSR count). The van der Waals surface area contributed by atoms with Crippen LogP contribution in [0.25, 0.3) is 0 Å². The molecule has 1 aliphatic heterocycles. The molecule has 0 N–H and O–H groups in total. The van der Waals surface area contributed by atoms with Gasteiger partial charge in [0.15, 0.2) is 5.16 Å². The van der Waals surface area contributed by atoms with Crippen molar-refractivity contribution in [3.05, 3.63) is 41.2 Å². The fourth-order valence-corrected chi connectivity index (χ4v) is 6.81. The van der Waals surface area contributed by atoms with E-state index in [1.165, 1.54) is 44.2 Å². The normalized spacial score (nSPS) is 25.6. The third kappa shape index (κ3) is 5.44. The van der Waals surface area contributed by atoms with Gasteiger partial charge in [-0.1, -0.05) is 43.2 Å². The van der Waals surface area contributed by atoms with Crippen molar-refractivity contribution in [1.82, 2.24) is 19.7 Å². The molecule has 2 aliphatic carbocycles. The average Bonchev–Trinajstić information content (AvgIpc) is 3.15. The first-order valence-corrected chi connectivity index (χ1v) is 13.3. The largest absolute Gasteiger partial charge is 0.416 e. The van der Waals surface area contributed by atoms with Crippen LogP contribution >= 0.6 is 24.2 Å². The molecule has 3 fully saturated rings. The molecule has 34 heavy (non-hydrogen) atoms. The van der Waals surface area contributed by atoms with Crippen molar-refractivity contribution in [1.29, 1.82) is 0 Å². The smallest absolute Gasteiger partial charge is 0.309 e. The van der Waals surface area contributed by atoms with Gasteiger partial charge in [-0.25, -0.2) is 0 Å². The van der Waals surface area contributed by atoms with E-state index in [0.29, 0.717) is 11.8 Å². The molecule has 3 aliphatic rings. The highest BCUT2D eigenvalue weighted by Crippen LogP contribution is 2.64. The zero-order valence-electron chi connectivity index (χ0n) is 19.7. The van der Waals surface area contributed by atoms with Gasteiger partial charge in [-0.3, -0.25) is 0 Å². The van der Waals surface area contributed by atoms with Crippen LogP contribution in [-0.4, -0.2) is 45.1 Å². The first-order chi connectivity index (χ1) is 15.9. The van der Waals surface area contributed by atoms with Crippen LogP contribution in [0.5, 0.6) is 0 Å². The molecule has 0 radical (unpaired) electrons.